The van der Waals surface area contributed by atoms with Crippen molar-refractivity contribution in [3.63, 3.8) is 0 Å². The van der Waals surface area contributed by atoms with E-state index in [1.54, 1.807) is 36.4 Å². The summed E-state index contributed by atoms with van der Waals surface area (Å²) in [5, 5.41) is 3.44. The number of fused-ring (bicyclic) bond motifs is 1. The Kier molecular flexibility index (Phi) is 5.98. The molecule has 1 amide bonds. The standard InChI is InChI=1S/C18H17ClN4O3S/c1-27-9-8-14(16(24)22-15-7-6-11(19)10-20-15)23-17(25)12-4-2-3-5-13(12)21-18(23)26/h2-7,10,14H,8-9H2,1H3,(H,21,26)(H,20,22,24). The number of nitrogens with zero attached hydrogens (tertiary/aromatic N) is 2. The van der Waals surface area contributed by atoms with Crippen molar-refractivity contribution in [1.82, 2.24) is 14.5 Å². The van der Waals surface area contributed by atoms with E-state index in [4.69, 9.17) is 11.6 Å². The van der Waals surface area contributed by atoms with Crippen molar-refractivity contribution < 1.29 is 4.79 Å². The maximum atomic E-state index is 12.9. The molecule has 0 bridgehead atoms. The monoisotopic (exact) mass is 404 g/mol. The molecule has 9 heteroatoms. The highest BCUT2D eigenvalue weighted by molar-refractivity contribution is 7.98. The fourth-order valence-electron chi connectivity index (χ4n) is 2.73. The first kappa shape index (κ1) is 19.2. The second-order valence-electron chi connectivity index (χ2n) is 5.80. The number of halogens is 1. The van der Waals surface area contributed by atoms with Gasteiger partial charge in [0.25, 0.3) is 5.56 Å². The number of para-hydroxylation sites is 1. The molecule has 0 aliphatic rings. The topological polar surface area (TPSA) is 96.8 Å². The van der Waals surface area contributed by atoms with E-state index in [1.165, 1.54) is 18.0 Å². The Morgan fingerprint density at radius 3 is 2.78 bits per heavy atom. The lowest BCUT2D eigenvalue weighted by Crippen LogP contribution is -2.43. The summed E-state index contributed by atoms with van der Waals surface area (Å²) in [7, 11) is 0. The Labute approximate surface area is 163 Å². The molecule has 0 saturated heterocycles. The Hall–Kier alpha value is -2.58. The summed E-state index contributed by atoms with van der Waals surface area (Å²) in [6.45, 7) is 0. The summed E-state index contributed by atoms with van der Waals surface area (Å²) in [5.74, 6) is 0.413. The number of thioether (sulfide) groups is 1. The number of benzene rings is 1. The zero-order valence-electron chi connectivity index (χ0n) is 14.4. The average molecular weight is 405 g/mol. The molecule has 0 spiro atoms. The van der Waals surface area contributed by atoms with Crippen LogP contribution < -0.4 is 16.6 Å². The molecule has 0 radical (unpaired) electrons. The zero-order valence-corrected chi connectivity index (χ0v) is 16.0. The quantitative estimate of drug-likeness (QED) is 0.658. The molecule has 2 aromatic heterocycles. The van der Waals surface area contributed by atoms with E-state index in [0.717, 1.165) is 4.57 Å². The van der Waals surface area contributed by atoms with Gasteiger partial charge >= 0.3 is 5.69 Å². The SMILES string of the molecule is CSCCC(C(=O)Nc1ccc(Cl)cn1)n1c(=O)[nH]c2ccccc2c1=O. The first-order chi connectivity index (χ1) is 13.0. The van der Waals surface area contributed by atoms with Crippen molar-refractivity contribution in [2.45, 2.75) is 12.5 Å². The predicted molar refractivity (Wildman–Crippen MR) is 109 cm³/mol. The van der Waals surface area contributed by atoms with E-state index in [1.807, 2.05) is 6.26 Å². The summed E-state index contributed by atoms with van der Waals surface area (Å²) in [4.78, 5) is 45.0. The molecule has 1 aromatic carbocycles. The molecule has 2 N–H and O–H groups in total. The molecule has 0 aliphatic carbocycles. The Balaban J connectivity index is 2.03. The molecule has 27 heavy (non-hydrogen) atoms. The van der Waals surface area contributed by atoms with Crippen molar-refractivity contribution >= 4 is 46.0 Å². The highest BCUT2D eigenvalue weighted by Crippen LogP contribution is 2.16. The van der Waals surface area contributed by atoms with E-state index in [9.17, 15) is 14.4 Å². The summed E-state index contributed by atoms with van der Waals surface area (Å²) in [6, 6.07) is 8.89. The minimum Gasteiger partial charge on any atom is -0.309 e. The van der Waals surface area contributed by atoms with Gasteiger partial charge in [-0.05, 0) is 42.7 Å². The van der Waals surface area contributed by atoms with Crippen LogP contribution in [0.25, 0.3) is 10.9 Å². The molecule has 2 heterocycles. The fraction of sp³-hybridized carbons (Fsp3) is 0.222. The predicted octanol–water partition coefficient (Wildman–Crippen LogP) is 2.67. The van der Waals surface area contributed by atoms with Crippen LogP contribution in [0.2, 0.25) is 5.02 Å². The second kappa shape index (κ2) is 8.41. The molecule has 0 fully saturated rings. The van der Waals surface area contributed by atoms with Gasteiger partial charge < -0.3 is 10.3 Å². The van der Waals surface area contributed by atoms with Crippen LogP contribution in [0, 0.1) is 0 Å². The average Bonchev–Trinajstić information content (AvgIpc) is 2.66. The number of nitrogens with one attached hydrogen (secondary N) is 2. The molecule has 3 aromatic rings. The van der Waals surface area contributed by atoms with Gasteiger partial charge in [-0.1, -0.05) is 23.7 Å². The third-order valence-corrected chi connectivity index (χ3v) is 4.89. The fourth-order valence-corrected chi connectivity index (χ4v) is 3.30. The van der Waals surface area contributed by atoms with Gasteiger partial charge in [0.05, 0.1) is 15.9 Å². The number of aromatic nitrogens is 3. The van der Waals surface area contributed by atoms with Crippen molar-refractivity contribution in [1.29, 1.82) is 0 Å². The highest BCUT2D eigenvalue weighted by Gasteiger charge is 2.25. The number of carbonyl (C=O) groups excluding carboxylic acids is 1. The Bertz CT molecular complexity index is 1080. The van der Waals surface area contributed by atoms with E-state index in [2.05, 4.69) is 15.3 Å². The number of aromatic amines is 1. The minimum atomic E-state index is -0.962. The largest absolute Gasteiger partial charge is 0.329 e. The smallest absolute Gasteiger partial charge is 0.309 e. The number of amides is 1. The van der Waals surface area contributed by atoms with E-state index >= 15 is 0 Å². The van der Waals surface area contributed by atoms with Crippen LogP contribution in [0.4, 0.5) is 5.82 Å². The Morgan fingerprint density at radius 1 is 1.30 bits per heavy atom. The number of anilines is 1. The summed E-state index contributed by atoms with van der Waals surface area (Å²) in [5.41, 5.74) is -0.684. The molecule has 0 aliphatic heterocycles. The lowest BCUT2D eigenvalue weighted by atomic mass is 10.2. The number of pyridine rings is 1. The van der Waals surface area contributed by atoms with Gasteiger partial charge in [-0.25, -0.2) is 14.3 Å². The maximum absolute atomic E-state index is 12.9. The minimum absolute atomic E-state index is 0.295. The molecular weight excluding hydrogens is 388 g/mol. The lowest BCUT2D eigenvalue weighted by Gasteiger charge is -2.18. The van der Waals surface area contributed by atoms with Crippen LogP contribution in [-0.4, -0.2) is 32.5 Å². The van der Waals surface area contributed by atoms with Gasteiger partial charge in [-0.15, -0.1) is 0 Å². The van der Waals surface area contributed by atoms with Gasteiger partial charge in [0.2, 0.25) is 5.91 Å². The normalized spacial score (nSPS) is 12.1. The summed E-state index contributed by atoms with van der Waals surface area (Å²) >= 11 is 7.33. The van der Waals surface area contributed by atoms with E-state index < -0.39 is 23.2 Å². The number of hydrogen-bond donors (Lipinski definition) is 2. The third kappa shape index (κ3) is 4.23. The second-order valence-corrected chi connectivity index (χ2v) is 7.22. The van der Waals surface area contributed by atoms with Crippen LogP contribution in [0.1, 0.15) is 12.5 Å². The van der Waals surface area contributed by atoms with E-state index in [-0.39, 0.29) is 0 Å². The summed E-state index contributed by atoms with van der Waals surface area (Å²) in [6.07, 6.45) is 3.62. The zero-order chi connectivity index (χ0) is 19.4. The number of rotatable bonds is 6. The molecule has 140 valence electrons. The first-order valence-corrected chi connectivity index (χ1v) is 9.93. The number of H-pyrrole nitrogens is 1. The van der Waals surface area contributed by atoms with Crippen LogP contribution in [0.15, 0.2) is 52.2 Å². The lowest BCUT2D eigenvalue weighted by molar-refractivity contribution is -0.119. The van der Waals surface area contributed by atoms with Crippen LogP contribution in [-0.2, 0) is 4.79 Å². The molecule has 1 unspecified atom stereocenters. The molecule has 3 rings (SSSR count). The molecular formula is C18H17ClN4O3S. The third-order valence-electron chi connectivity index (χ3n) is 4.03. The number of carbonyl (C=O) groups is 1. The number of hydrogen-bond acceptors (Lipinski definition) is 5. The van der Waals surface area contributed by atoms with Gasteiger partial charge in [-0.3, -0.25) is 9.59 Å². The van der Waals surface area contributed by atoms with Gasteiger partial charge in [0.1, 0.15) is 11.9 Å². The van der Waals surface area contributed by atoms with Gasteiger partial charge in [0.15, 0.2) is 0 Å². The van der Waals surface area contributed by atoms with Crippen LogP contribution >= 0.6 is 23.4 Å². The maximum Gasteiger partial charge on any atom is 0.329 e. The highest BCUT2D eigenvalue weighted by atomic mass is 35.5. The van der Waals surface area contributed by atoms with Gasteiger partial charge in [0, 0.05) is 6.20 Å². The summed E-state index contributed by atoms with van der Waals surface area (Å²) < 4.78 is 0.976. The first-order valence-electron chi connectivity index (χ1n) is 8.16. The Morgan fingerprint density at radius 2 is 2.07 bits per heavy atom. The molecule has 0 saturated carbocycles. The molecule has 1 atom stereocenters. The van der Waals surface area contributed by atoms with Crippen molar-refractivity contribution in [3.8, 4) is 0 Å². The van der Waals surface area contributed by atoms with Crippen LogP contribution in [0.3, 0.4) is 0 Å². The molecule has 7 nitrogen and oxygen atoms in total. The van der Waals surface area contributed by atoms with Crippen LogP contribution in [0.5, 0.6) is 0 Å². The van der Waals surface area contributed by atoms with Crippen molar-refractivity contribution in [2.24, 2.45) is 0 Å². The van der Waals surface area contributed by atoms with Crippen molar-refractivity contribution in [2.75, 3.05) is 17.3 Å². The van der Waals surface area contributed by atoms with E-state index in [0.29, 0.717) is 33.9 Å². The van der Waals surface area contributed by atoms with Crippen molar-refractivity contribution in [3.05, 3.63) is 68.5 Å². The van der Waals surface area contributed by atoms with Gasteiger partial charge in [-0.2, -0.15) is 11.8 Å².